The van der Waals surface area contributed by atoms with Gasteiger partial charge in [0.05, 0.1) is 28.9 Å². The quantitative estimate of drug-likeness (QED) is 0.347. The summed E-state index contributed by atoms with van der Waals surface area (Å²) in [5.74, 6) is 1.04. The number of fused-ring (bicyclic) bond motifs is 3. The second-order valence-electron chi connectivity index (χ2n) is 10.2. The van der Waals surface area contributed by atoms with Crippen LogP contribution in [0, 0.1) is 17.8 Å². The summed E-state index contributed by atoms with van der Waals surface area (Å²) in [5, 5.41) is 18.3. The number of imidazole rings is 1. The molecule has 5 unspecified atom stereocenters. The Morgan fingerprint density at radius 3 is 2.81 bits per heavy atom. The normalized spacial score (nSPS) is 29.0. The van der Waals surface area contributed by atoms with E-state index in [0.717, 1.165) is 30.9 Å². The molecule has 5 atom stereocenters. The number of allylic oxidation sites excluding steroid dienone is 1. The number of aliphatic hydroxyl groups excluding tert-OH is 1. The highest BCUT2D eigenvalue weighted by Crippen LogP contribution is 2.47. The molecule has 3 aliphatic carbocycles. The topological polar surface area (TPSA) is 119 Å². The van der Waals surface area contributed by atoms with E-state index in [0.29, 0.717) is 56.7 Å². The molecule has 4 aliphatic rings. The SMILES string of the molecule is O=C(NC1CC1)C1C2C=CC(C2)C1Nc1c(Cl)cnc2nc(-c3sc(N4CCC(O)C4)nc3Cl)[nH]c12. The second kappa shape index (κ2) is 8.58. The summed E-state index contributed by atoms with van der Waals surface area (Å²) in [4.78, 5) is 32.8. The summed E-state index contributed by atoms with van der Waals surface area (Å²) in [7, 11) is 0. The number of pyridine rings is 1. The fraction of sp³-hybridized carbons (Fsp3) is 0.500. The number of nitrogens with zero attached hydrogens (tertiary/aromatic N) is 4. The van der Waals surface area contributed by atoms with Gasteiger partial charge in [0, 0.05) is 25.2 Å². The molecule has 3 aromatic heterocycles. The number of β-amino-alcohol motifs (C(OH)–C–C–N with tert-alkyl or cyclic N) is 1. The van der Waals surface area contributed by atoms with Crippen molar-refractivity contribution in [2.75, 3.05) is 23.3 Å². The summed E-state index contributed by atoms with van der Waals surface area (Å²) < 4.78 is 0. The van der Waals surface area contributed by atoms with Crippen LogP contribution in [0.3, 0.4) is 0 Å². The number of H-pyrrole nitrogens is 1. The number of hydrogen-bond acceptors (Lipinski definition) is 8. The first kappa shape index (κ1) is 22.8. The molecule has 0 aromatic carbocycles. The molecular weight excluding hydrogens is 521 g/mol. The zero-order chi connectivity index (χ0) is 24.6. The Kier molecular flexibility index (Phi) is 5.43. The summed E-state index contributed by atoms with van der Waals surface area (Å²) >= 11 is 14.6. The van der Waals surface area contributed by atoms with Crippen LogP contribution < -0.4 is 15.5 Å². The van der Waals surface area contributed by atoms with Gasteiger partial charge in [0.1, 0.15) is 10.4 Å². The van der Waals surface area contributed by atoms with E-state index in [4.69, 9.17) is 23.2 Å². The first-order valence-corrected chi connectivity index (χ1v) is 13.9. The number of anilines is 2. The molecule has 4 heterocycles. The van der Waals surface area contributed by atoms with Crippen molar-refractivity contribution in [1.82, 2.24) is 25.3 Å². The third-order valence-corrected chi connectivity index (χ3v) is 9.49. The summed E-state index contributed by atoms with van der Waals surface area (Å²) in [6, 6.07) is 0.263. The Morgan fingerprint density at radius 2 is 2.03 bits per heavy atom. The van der Waals surface area contributed by atoms with Crippen molar-refractivity contribution in [1.29, 1.82) is 0 Å². The van der Waals surface area contributed by atoms with Crippen LogP contribution in [0.5, 0.6) is 0 Å². The highest BCUT2D eigenvalue weighted by Gasteiger charge is 2.49. The first-order chi connectivity index (χ1) is 17.4. The van der Waals surface area contributed by atoms with Gasteiger partial charge in [-0.2, -0.15) is 0 Å². The van der Waals surface area contributed by atoms with Gasteiger partial charge in [-0.1, -0.05) is 46.7 Å². The number of aromatic amines is 1. The number of thiazole rings is 1. The monoisotopic (exact) mass is 545 g/mol. The fourth-order valence-electron chi connectivity index (χ4n) is 5.74. The maximum Gasteiger partial charge on any atom is 0.226 e. The van der Waals surface area contributed by atoms with Crippen LogP contribution in [0.1, 0.15) is 25.7 Å². The number of aromatic nitrogens is 4. The van der Waals surface area contributed by atoms with Crippen LogP contribution in [-0.4, -0.2) is 62.2 Å². The molecule has 0 spiro atoms. The smallest absolute Gasteiger partial charge is 0.226 e. The number of nitrogens with one attached hydrogen (secondary N) is 3. The van der Waals surface area contributed by atoms with Crippen molar-refractivity contribution in [3.05, 3.63) is 28.5 Å². The van der Waals surface area contributed by atoms with Gasteiger partial charge in [0.15, 0.2) is 21.8 Å². The molecule has 9 nitrogen and oxygen atoms in total. The molecule has 12 heteroatoms. The Hall–Kier alpha value is -2.40. The van der Waals surface area contributed by atoms with E-state index in [1.807, 2.05) is 4.90 Å². The van der Waals surface area contributed by atoms with Crippen molar-refractivity contribution < 1.29 is 9.90 Å². The molecule has 3 aromatic rings. The highest BCUT2D eigenvalue weighted by atomic mass is 35.5. The molecule has 2 saturated carbocycles. The number of hydrogen-bond donors (Lipinski definition) is 4. The molecule has 1 amide bonds. The van der Waals surface area contributed by atoms with E-state index < -0.39 is 0 Å². The summed E-state index contributed by atoms with van der Waals surface area (Å²) in [6.07, 6.45) is 9.44. The lowest BCUT2D eigenvalue weighted by atomic mass is 9.87. The van der Waals surface area contributed by atoms with E-state index in [2.05, 4.69) is 42.7 Å². The summed E-state index contributed by atoms with van der Waals surface area (Å²) in [5.41, 5.74) is 1.88. The average molecular weight is 546 g/mol. The molecular formula is C24H25Cl2N7O2S. The molecule has 0 radical (unpaired) electrons. The average Bonchev–Trinajstić information content (AvgIpc) is 3.33. The van der Waals surface area contributed by atoms with Gasteiger partial charge in [-0.25, -0.2) is 15.0 Å². The van der Waals surface area contributed by atoms with Gasteiger partial charge >= 0.3 is 0 Å². The van der Waals surface area contributed by atoms with Crippen LogP contribution >= 0.6 is 34.5 Å². The van der Waals surface area contributed by atoms with Crippen molar-refractivity contribution in [3.8, 4) is 10.7 Å². The number of amides is 1. The van der Waals surface area contributed by atoms with E-state index in [1.54, 1.807) is 6.20 Å². The van der Waals surface area contributed by atoms with Crippen molar-refractivity contribution in [2.24, 2.45) is 17.8 Å². The number of carbonyl (C=O) groups excluding carboxylic acids is 1. The van der Waals surface area contributed by atoms with Gasteiger partial charge in [0.2, 0.25) is 5.91 Å². The molecule has 7 rings (SSSR count). The maximum absolute atomic E-state index is 13.1. The lowest BCUT2D eigenvalue weighted by Crippen LogP contribution is -2.44. The molecule has 4 N–H and O–H groups in total. The van der Waals surface area contributed by atoms with E-state index in [1.165, 1.54) is 11.3 Å². The third-order valence-electron chi connectivity index (χ3n) is 7.69. The number of carbonyl (C=O) groups is 1. The van der Waals surface area contributed by atoms with Crippen molar-refractivity contribution in [3.63, 3.8) is 0 Å². The van der Waals surface area contributed by atoms with Crippen LogP contribution in [0.2, 0.25) is 10.2 Å². The summed E-state index contributed by atoms with van der Waals surface area (Å²) in [6.45, 7) is 1.28. The Balaban J connectivity index is 1.21. The predicted molar refractivity (Wildman–Crippen MR) is 141 cm³/mol. The number of rotatable bonds is 6. The van der Waals surface area contributed by atoms with E-state index in [-0.39, 0.29) is 35.8 Å². The Labute approximate surface area is 221 Å². The molecule has 36 heavy (non-hydrogen) atoms. The van der Waals surface area contributed by atoms with Gasteiger partial charge in [-0.05, 0) is 37.5 Å². The lowest BCUT2D eigenvalue weighted by Gasteiger charge is -2.29. The minimum atomic E-state index is -0.349. The van der Waals surface area contributed by atoms with Gasteiger partial charge < -0.3 is 25.6 Å². The van der Waals surface area contributed by atoms with E-state index in [9.17, 15) is 9.90 Å². The van der Waals surface area contributed by atoms with Crippen LogP contribution in [0.15, 0.2) is 18.3 Å². The van der Waals surface area contributed by atoms with Crippen LogP contribution in [0.25, 0.3) is 21.9 Å². The zero-order valence-corrected chi connectivity index (χ0v) is 21.6. The van der Waals surface area contributed by atoms with Gasteiger partial charge in [0.25, 0.3) is 0 Å². The van der Waals surface area contributed by atoms with Crippen molar-refractivity contribution >= 4 is 62.4 Å². The zero-order valence-electron chi connectivity index (χ0n) is 19.2. The standard InChI is InChI=1S/C24H25Cl2N7O2S/c25-14-8-27-21-18(30-22(32-21)19-20(26)31-24(36-19)33-6-5-13(34)9-33)17(14)29-16-11-2-1-10(7-11)15(16)23(35)28-12-3-4-12/h1-2,8,10-13,15-16,34H,3-7,9H2,(H,28,35)(H2,27,29,30,32). The number of aliphatic hydroxyl groups is 1. The lowest BCUT2D eigenvalue weighted by molar-refractivity contribution is -0.126. The fourth-order valence-corrected chi connectivity index (χ4v) is 7.21. The van der Waals surface area contributed by atoms with Gasteiger partial charge in [-0.15, -0.1) is 0 Å². The second-order valence-corrected chi connectivity index (χ2v) is 11.9. The maximum atomic E-state index is 13.1. The number of halogens is 2. The highest BCUT2D eigenvalue weighted by molar-refractivity contribution is 7.19. The minimum Gasteiger partial charge on any atom is -0.391 e. The van der Waals surface area contributed by atoms with Gasteiger partial charge in [-0.3, -0.25) is 4.79 Å². The van der Waals surface area contributed by atoms with Crippen molar-refractivity contribution in [2.45, 2.75) is 43.9 Å². The van der Waals surface area contributed by atoms with E-state index >= 15 is 0 Å². The Morgan fingerprint density at radius 1 is 1.19 bits per heavy atom. The first-order valence-electron chi connectivity index (χ1n) is 12.3. The predicted octanol–water partition coefficient (Wildman–Crippen LogP) is 3.84. The molecule has 1 saturated heterocycles. The molecule has 2 bridgehead atoms. The third kappa shape index (κ3) is 3.86. The molecule has 188 valence electrons. The van der Waals surface area contributed by atoms with Crippen LogP contribution in [0.4, 0.5) is 10.8 Å². The molecule has 3 fully saturated rings. The minimum absolute atomic E-state index is 0.0613. The molecule has 1 aliphatic heterocycles. The Bertz CT molecular complexity index is 1390. The largest absolute Gasteiger partial charge is 0.391 e. The van der Waals surface area contributed by atoms with Crippen LogP contribution in [-0.2, 0) is 4.79 Å².